The van der Waals surface area contributed by atoms with Gasteiger partial charge in [0.2, 0.25) is 0 Å². The Bertz CT molecular complexity index is 686. The van der Waals surface area contributed by atoms with Crippen LogP contribution in [0, 0.1) is 5.92 Å². The quantitative estimate of drug-likeness (QED) is 0.524. The van der Waals surface area contributed by atoms with E-state index in [1.807, 2.05) is 12.1 Å². The lowest BCUT2D eigenvalue weighted by Gasteiger charge is -2.28. The maximum absolute atomic E-state index is 12.3. The summed E-state index contributed by atoms with van der Waals surface area (Å²) in [6.45, 7) is 2.28. The van der Waals surface area contributed by atoms with E-state index in [-0.39, 0.29) is 0 Å². The predicted molar refractivity (Wildman–Crippen MR) is 102 cm³/mol. The Labute approximate surface area is 149 Å². The fourth-order valence-electron chi connectivity index (χ4n) is 4.04. The van der Waals surface area contributed by atoms with Crippen molar-refractivity contribution in [2.75, 3.05) is 0 Å². The summed E-state index contributed by atoms with van der Waals surface area (Å²) in [5.41, 5.74) is 4.18. The molecule has 0 heterocycles. The zero-order valence-corrected chi connectivity index (χ0v) is 14.8. The average molecular weight is 340 g/mol. The summed E-state index contributed by atoms with van der Waals surface area (Å²) in [5.74, 6) is 1.63. The van der Waals surface area contributed by atoms with Crippen LogP contribution in [0.1, 0.15) is 62.5 Å². The van der Waals surface area contributed by atoms with E-state index in [9.17, 15) is 8.78 Å². The predicted octanol–water partition coefficient (Wildman–Crippen LogP) is 7.66. The van der Waals surface area contributed by atoms with E-state index < -0.39 is 6.08 Å². The van der Waals surface area contributed by atoms with Crippen LogP contribution in [0.5, 0.6) is 0 Å². The first-order valence-corrected chi connectivity index (χ1v) is 9.39. The maximum atomic E-state index is 12.3. The van der Waals surface area contributed by atoms with E-state index in [0.717, 1.165) is 23.1 Å². The van der Waals surface area contributed by atoms with Gasteiger partial charge in [0.25, 0.3) is 6.08 Å². The largest absolute Gasteiger partial charge is 0.270 e. The molecule has 1 fully saturated rings. The zero-order chi connectivity index (χ0) is 17.6. The Kier molecular flexibility index (Phi) is 6.01. The average Bonchev–Trinajstić information content (AvgIpc) is 2.63. The Balaban J connectivity index is 1.65. The van der Waals surface area contributed by atoms with Crippen LogP contribution in [-0.4, -0.2) is 0 Å². The van der Waals surface area contributed by atoms with Gasteiger partial charge in [-0.25, -0.2) is 0 Å². The van der Waals surface area contributed by atoms with Crippen LogP contribution in [-0.2, 0) is 0 Å². The third-order valence-electron chi connectivity index (χ3n) is 5.45. The second kappa shape index (κ2) is 8.42. The van der Waals surface area contributed by atoms with Crippen molar-refractivity contribution in [1.29, 1.82) is 0 Å². The van der Waals surface area contributed by atoms with E-state index in [2.05, 4.69) is 31.2 Å². The van der Waals surface area contributed by atoms with E-state index in [0.29, 0.717) is 11.5 Å². The minimum Gasteiger partial charge on any atom is -0.173 e. The Morgan fingerprint density at radius 3 is 1.96 bits per heavy atom. The SMILES string of the molecule is CCCC1CCC(c2ccc(-c3ccc(C=C(F)F)cc3)cc2)CC1. The number of hydrogen-bond donors (Lipinski definition) is 0. The number of hydrogen-bond acceptors (Lipinski definition) is 0. The first-order chi connectivity index (χ1) is 12.2. The van der Waals surface area contributed by atoms with Crippen molar-refractivity contribution < 1.29 is 8.78 Å². The van der Waals surface area contributed by atoms with E-state index in [1.165, 1.54) is 44.1 Å². The molecule has 1 saturated carbocycles. The summed E-state index contributed by atoms with van der Waals surface area (Å²) < 4.78 is 24.6. The van der Waals surface area contributed by atoms with Crippen molar-refractivity contribution in [3.8, 4) is 11.1 Å². The van der Waals surface area contributed by atoms with Gasteiger partial charge in [0.05, 0.1) is 0 Å². The molecule has 0 amide bonds. The fraction of sp³-hybridized carbons (Fsp3) is 0.391. The normalized spacial score (nSPS) is 20.3. The highest BCUT2D eigenvalue weighted by Crippen LogP contribution is 2.38. The molecule has 1 aliphatic rings. The number of halogens is 2. The second-order valence-electron chi connectivity index (χ2n) is 7.18. The molecular weight excluding hydrogens is 314 g/mol. The summed E-state index contributed by atoms with van der Waals surface area (Å²) in [7, 11) is 0. The first kappa shape index (κ1) is 17.8. The lowest BCUT2D eigenvalue weighted by molar-refractivity contribution is 0.308. The minimum absolute atomic E-state index is 0.532. The van der Waals surface area contributed by atoms with Crippen LogP contribution >= 0.6 is 0 Å². The summed E-state index contributed by atoms with van der Waals surface area (Å²) in [6, 6.07) is 16.1. The standard InChI is InChI=1S/C23H26F2/c1-2-3-17-4-8-19(9-5-17)21-12-14-22(15-13-21)20-10-6-18(7-11-20)16-23(24)25/h6-7,10-17,19H,2-5,8-9H2,1H3. The summed E-state index contributed by atoms with van der Waals surface area (Å²) in [6.07, 6.45) is 7.24. The first-order valence-electron chi connectivity index (χ1n) is 9.39. The lowest BCUT2D eigenvalue weighted by atomic mass is 9.77. The van der Waals surface area contributed by atoms with Gasteiger partial charge in [0.1, 0.15) is 0 Å². The Morgan fingerprint density at radius 2 is 1.44 bits per heavy atom. The van der Waals surface area contributed by atoms with E-state index in [1.54, 1.807) is 12.1 Å². The lowest BCUT2D eigenvalue weighted by Crippen LogP contribution is -2.13. The number of rotatable bonds is 5. The Morgan fingerprint density at radius 1 is 0.880 bits per heavy atom. The topological polar surface area (TPSA) is 0 Å². The van der Waals surface area contributed by atoms with Crippen LogP contribution in [0.3, 0.4) is 0 Å². The zero-order valence-electron chi connectivity index (χ0n) is 14.8. The molecule has 132 valence electrons. The fourth-order valence-corrected chi connectivity index (χ4v) is 4.04. The minimum atomic E-state index is -1.66. The van der Waals surface area contributed by atoms with Crippen molar-refractivity contribution in [3.63, 3.8) is 0 Å². The molecule has 0 nitrogen and oxygen atoms in total. The van der Waals surface area contributed by atoms with Gasteiger partial charge >= 0.3 is 0 Å². The van der Waals surface area contributed by atoms with Gasteiger partial charge in [-0.3, -0.25) is 0 Å². The molecule has 0 aromatic heterocycles. The molecule has 0 saturated heterocycles. The van der Waals surface area contributed by atoms with Gasteiger partial charge < -0.3 is 0 Å². The van der Waals surface area contributed by atoms with Crippen molar-refractivity contribution in [2.24, 2.45) is 5.92 Å². The Hall–Kier alpha value is -1.96. The third kappa shape index (κ3) is 4.78. The van der Waals surface area contributed by atoms with Crippen molar-refractivity contribution in [1.82, 2.24) is 0 Å². The molecule has 0 aliphatic heterocycles. The molecule has 3 rings (SSSR count). The van der Waals surface area contributed by atoms with Crippen molar-refractivity contribution in [2.45, 2.75) is 51.4 Å². The molecule has 2 aromatic rings. The molecule has 0 N–H and O–H groups in total. The van der Waals surface area contributed by atoms with Gasteiger partial charge in [-0.1, -0.05) is 68.3 Å². The van der Waals surface area contributed by atoms with Gasteiger partial charge in [-0.15, -0.1) is 0 Å². The van der Waals surface area contributed by atoms with Crippen LogP contribution < -0.4 is 0 Å². The molecule has 1 aliphatic carbocycles. The van der Waals surface area contributed by atoms with Crippen LogP contribution in [0.4, 0.5) is 8.78 Å². The van der Waals surface area contributed by atoms with Crippen molar-refractivity contribution in [3.05, 3.63) is 65.7 Å². The molecule has 0 spiro atoms. The monoisotopic (exact) mass is 340 g/mol. The van der Waals surface area contributed by atoms with Gasteiger partial charge in [0.15, 0.2) is 0 Å². The summed E-state index contributed by atoms with van der Waals surface area (Å²) >= 11 is 0. The second-order valence-corrected chi connectivity index (χ2v) is 7.18. The summed E-state index contributed by atoms with van der Waals surface area (Å²) in [4.78, 5) is 0. The van der Waals surface area contributed by atoms with Gasteiger partial charge in [-0.2, -0.15) is 8.78 Å². The molecule has 25 heavy (non-hydrogen) atoms. The number of benzene rings is 2. The summed E-state index contributed by atoms with van der Waals surface area (Å²) in [5, 5.41) is 0. The van der Waals surface area contributed by atoms with Crippen LogP contribution in [0.2, 0.25) is 0 Å². The highest BCUT2D eigenvalue weighted by atomic mass is 19.3. The maximum Gasteiger partial charge on any atom is 0.270 e. The van der Waals surface area contributed by atoms with Gasteiger partial charge in [0, 0.05) is 6.08 Å². The smallest absolute Gasteiger partial charge is 0.173 e. The molecule has 0 atom stereocenters. The molecule has 0 unspecified atom stereocenters. The van der Waals surface area contributed by atoms with Crippen molar-refractivity contribution >= 4 is 6.08 Å². The third-order valence-corrected chi connectivity index (χ3v) is 5.45. The highest BCUT2D eigenvalue weighted by molar-refractivity contribution is 5.66. The van der Waals surface area contributed by atoms with Gasteiger partial charge in [-0.05, 0) is 59.8 Å². The van der Waals surface area contributed by atoms with E-state index in [4.69, 9.17) is 0 Å². The molecule has 0 radical (unpaired) electrons. The van der Waals surface area contributed by atoms with Crippen LogP contribution in [0.25, 0.3) is 17.2 Å². The molecular formula is C23H26F2. The molecule has 0 bridgehead atoms. The van der Waals surface area contributed by atoms with E-state index >= 15 is 0 Å². The highest BCUT2D eigenvalue weighted by Gasteiger charge is 2.21. The van der Waals surface area contributed by atoms with Crippen LogP contribution in [0.15, 0.2) is 54.6 Å². The molecule has 2 aromatic carbocycles. The molecule has 2 heteroatoms.